The molecule has 0 aliphatic rings. The first-order valence-electron chi connectivity index (χ1n) is 15.5. The SMILES string of the molecule is COc1cc(OC)c(OC)cc1/C=C(/NC(=O)c1ccccc1)C(=O)Nc1cccc(SC(C(=O)Nc2ccc(Cl)c(Cl)c2)c2ccccc2)c1. The van der Waals surface area contributed by atoms with Gasteiger partial charge in [0.1, 0.15) is 16.7 Å². The normalized spacial score (nSPS) is 11.6. The summed E-state index contributed by atoms with van der Waals surface area (Å²) < 4.78 is 16.4. The zero-order valence-corrected chi connectivity index (χ0v) is 30.1. The monoisotopic (exact) mass is 741 g/mol. The molecule has 5 aromatic rings. The molecule has 9 nitrogen and oxygen atoms in total. The van der Waals surface area contributed by atoms with Crippen LogP contribution >= 0.6 is 35.0 Å². The molecule has 0 heterocycles. The molecule has 3 N–H and O–H groups in total. The first-order valence-corrected chi connectivity index (χ1v) is 17.1. The number of methoxy groups -OCH3 is 3. The van der Waals surface area contributed by atoms with Gasteiger partial charge in [-0.15, -0.1) is 11.8 Å². The molecule has 5 rings (SSSR count). The van der Waals surface area contributed by atoms with Crippen molar-refractivity contribution in [3.63, 3.8) is 0 Å². The van der Waals surface area contributed by atoms with E-state index in [2.05, 4.69) is 16.0 Å². The van der Waals surface area contributed by atoms with Gasteiger partial charge in [-0.2, -0.15) is 0 Å². The Morgan fingerprint density at radius 3 is 1.98 bits per heavy atom. The zero-order chi connectivity index (χ0) is 36.3. The van der Waals surface area contributed by atoms with Crippen LogP contribution in [0.25, 0.3) is 6.08 Å². The third-order valence-corrected chi connectivity index (χ3v) is 9.43. The molecular formula is C39H33Cl2N3O6S. The zero-order valence-electron chi connectivity index (χ0n) is 27.7. The fraction of sp³-hybridized carbons (Fsp3) is 0.103. The van der Waals surface area contributed by atoms with Gasteiger partial charge in [0.05, 0.1) is 31.4 Å². The average Bonchev–Trinajstić information content (AvgIpc) is 3.15. The Morgan fingerprint density at radius 2 is 1.31 bits per heavy atom. The minimum absolute atomic E-state index is 0.0596. The number of thioether (sulfide) groups is 1. The molecule has 0 bridgehead atoms. The van der Waals surface area contributed by atoms with Gasteiger partial charge in [0, 0.05) is 33.5 Å². The van der Waals surface area contributed by atoms with E-state index in [4.69, 9.17) is 37.4 Å². The quantitative estimate of drug-likeness (QED) is 0.0816. The second-order valence-corrected chi connectivity index (χ2v) is 12.8. The topological polar surface area (TPSA) is 115 Å². The third kappa shape index (κ3) is 9.64. The number of carbonyl (C=O) groups excluding carboxylic acids is 3. The molecule has 51 heavy (non-hydrogen) atoms. The summed E-state index contributed by atoms with van der Waals surface area (Å²) in [6.07, 6.45) is 1.49. The smallest absolute Gasteiger partial charge is 0.272 e. The van der Waals surface area contributed by atoms with Crippen LogP contribution < -0.4 is 30.2 Å². The minimum Gasteiger partial charge on any atom is -0.496 e. The molecule has 0 radical (unpaired) electrons. The fourth-order valence-electron chi connectivity index (χ4n) is 4.93. The standard InChI is InChI=1S/C39H33Cl2N3O6S/c1-48-33-23-35(50-3)34(49-2)20-26(33)19-32(44-37(45)25-13-8-5-9-14-25)38(46)42-27-15-10-16-29(21-27)51-36(24-11-6-4-7-12-24)39(47)43-28-17-18-30(40)31(41)22-28/h4-23,36H,1-3H3,(H,42,46)(H,43,47)(H,44,45)/b32-19+. The molecule has 1 unspecified atom stereocenters. The maximum absolute atomic E-state index is 13.9. The Morgan fingerprint density at radius 1 is 0.667 bits per heavy atom. The van der Waals surface area contributed by atoms with Gasteiger partial charge in [0.2, 0.25) is 5.91 Å². The lowest BCUT2D eigenvalue weighted by atomic mass is 10.1. The number of rotatable bonds is 13. The predicted molar refractivity (Wildman–Crippen MR) is 203 cm³/mol. The maximum atomic E-state index is 13.9. The van der Waals surface area contributed by atoms with Crippen LogP contribution in [0.2, 0.25) is 10.0 Å². The highest BCUT2D eigenvalue weighted by molar-refractivity contribution is 8.00. The third-order valence-electron chi connectivity index (χ3n) is 7.44. The Bertz CT molecular complexity index is 2060. The van der Waals surface area contributed by atoms with Crippen LogP contribution in [0.4, 0.5) is 11.4 Å². The number of hydrogen-bond acceptors (Lipinski definition) is 7. The summed E-state index contributed by atoms with van der Waals surface area (Å²) in [6, 6.07) is 33.1. The number of hydrogen-bond donors (Lipinski definition) is 3. The molecule has 5 aromatic carbocycles. The molecule has 0 aliphatic heterocycles. The van der Waals surface area contributed by atoms with Crippen molar-refractivity contribution in [1.29, 1.82) is 0 Å². The summed E-state index contributed by atoms with van der Waals surface area (Å²) in [5.74, 6) is -0.151. The van der Waals surface area contributed by atoms with Gasteiger partial charge in [0.15, 0.2) is 11.5 Å². The van der Waals surface area contributed by atoms with Crippen molar-refractivity contribution >= 4 is 70.1 Å². The predicted octanol–water partition coefficient (Wildman–Crippen LogP) is 8.90. The van der Waals surface area contributed by atoms with E-state index in [9.17, 15) is 14.4 Å². The molecule has 0 spiro atoms. The van der Waals surface area contributed by atoms with Crippen LogP contribution in [0.15, 0.2) is 126 Å². The fourth-order valence-corrected chi connectivity index (χ4v) is 6.31. The van der Waals surface area contributed by atoms with Crippen LogP contribution in [-0.4, -0.2) is 39.1 Å². The largest absolute Gasteiger partial charge is 0.496 e. The molecule has 0 saturated carbocycles. The van der Waals surface area contributed by atoms with Crippen molar-refractivity contribution in [2.24, 2.45) is 0 Å². The van der Waals surface area contributed by atoms with E-state index in [-0.39, 0.29) is 11.6 Å². The molecule has 12 heteroatoms. The van der Waals surface area contributed by atoms with Gasteiger partial charge in [-0.25, -0.2) is 0 Å². The van der Waals surface area contributed by atoms with Gasteiger partial charge in [-0.1, -0.05) is 77.8 Å². The highest BCUT2D eigenvalue weighted by Gasteiger charge is 2.23. The lowest BCUT2D eigenvalue weighted by Crippen LogP contribution is -2.30. The summed E-state index contributed by atoms with van der Waals surface area (Å²) >= 11 is 13.5. The molecule has 0 saturated heterocycles. The number of halogens is 2. The van der Waals surface area contributed by atoms with Crippen molar-refractivity contribution in [2.75, 3.05) is 32.0 Å². The molecular weight excluding hydrogens is 709 g/mol. The molecule has 0 fully saturated rings. The summed E-state index contributed by atoms with van der Waals surface area (Å²) in [6.45, 7) is 0. The Hall–Kier alpha value is -5.42. The van der Waals surface area contributed by atoms with Crippen molar-refractivity contribution in [3.8, 4) is 17.2 Å². The summed E-state index contributed by atoms with van der Waals surface area (Å²) in [5.41, 5.74) is 2.46. The van der Waals surface area contributed by atoms with Crippen LogP contribution in [0, 0.1) is 0 Å². The molecule has 1 atom stereocenters. The minimum atomic E-state index is -0.662. The van der Waals surface area contributed by atoms with Crippen LogP contribution in [0.5, 0.6) is 17.2 Å². The van der Waals surface area contributed by atoms with E-state index in [1.54, 1.807) is 78.9 Å². The van der Waals surface area contributed by atoms with Gasteiger partial charge in [-0.3, -0.25) is 14.4 Å². The van der Waals surface area contributed by atoms with Gasteiger partial charge < -0.3 is 30.2 Å². The summed E-state index contributed by atoms with van der Waals surface area (Å²) in [4.78, 5) is 41.5. The summed E-state index contributed by atoms with van der Waals surface area (Å²) in [5, 5.41) is 8.58. The number of anilines is 2. The highest BCUT2D eigenvalue weighted by Crippen LogP contribution is 2.38. The molecule has 0 aliphatic carbocycles. The first kappa shape index (κ1) is 36.9. The number of amides is 3. The van der Waals surface area contributed by atoms with E-state index in [1.165, 1.54) is 39.2 Å². The van der Waals surface area contributed by atoms with E-state index in [0.717, 1.165) is 5.56 Å². The van der Waals surface area contributed by atoms with E-state index >= 15 is 0 Å². The van der Waals surface area contributed by atoms with Crippen LogP contribution in [-0.2, 0) is 9.59 Å². The molecule has 3 amide bonds. The average molecular weight is 743 g/mol. The molecule has 0 aromatic heterocycles. The Kier molecular flexibility index (Phi) is 12.6. The van der Waals surface area contributed by atoms with Crippen LogP contribution in [0.1, 0.15) is 26.7 Å². The van der Waals surface area contributed by atoms with Crippen molar-refractivity contribution in [3.05, 3.63) is 148 Å². The van der Waals surface area contributed by atoms with E-state index in [1.807, 2.05) is 36.4 Å². The van der Waals surface area contributed by atoms with Gasteiger partial charge in [0.25, 0.3) is 11.8 Å². The second kappa shape index (κ2) is 17.5. The number of nitrogens with one attached hydrogen (secondary N) is 3. The number of benzene rings is 5. The van der Waals surface area contributed by atoms with Gasteiger partial charge in [-0.05, 0) is 66.2 Å². The number of carbonyl (C=O) groups is 3. The van der Waals surface area contributed by atoms with Crippen molar-refractivity contribution in [1.82, 2.24) is 5.32 Å². The Balaban J connectivity index is 1.43. The van der Waals surface area contributed by atoms with Gasteiger partial charge >= 0.3 is 0 Å². The number of ether oxygens (including phenoxy) is 3. The lowest BCUT2D eigenvalue weighted by molar-refractivity contribution is -0.116. The van der Waals surface area contributed by atoms with E-state index in [0.29, 0.717) is 54.7 Å². The van der Waals surface area contributed by atoms with E-state index < -0.39 is 17.1 Å². The molecule has 260 valence electrons. The van der Waals surface area contributed by atoms with Crippen molar-refractivity contribution < 1.29 is 28.6 Å². The second-order valence-electron chi connectivity index (χ2n) is 10.8. The Labute approximate surface area is 309 Å². The summed E-state index contributed by atoms with van der Waals surface area (Å²) in [7, 11) is 4.48. The lowest BCUT2D eigenvalue weighted by Gasteiger charge is -2.18. The first-order chi connectivity index (χ1) is 24.7. The maximum Gasteiger partial charge on any atom is 0.272 e. The van der Waals surface area contributed by atoms with Crippen molar-refractivity contribution in [2.45, 2.75) is 10.1 Å². The van der Waals surface area contributed by atoms with Crippen LogP contribution in [0.3, 0.4) is 0 Å². The highest BCUT2D eigenvalue weighted by atomic mass is 35.5.